The molecule has 1 fully saturated rings. The predicted octanol–water partition coefficient (Wildman–Crippen LogP) is 3.47. The molecule has 5 rings (SSSR count). The van der Waals surface area contributed by atoms with Crippen LogP contribution >= 0.6 is 11.9 Å². The van der Waals surface area contributed by atoms with E-state index in [1.807, 2.05) is 0 Å². The second-order valence-electron chi connectivity index (χ2n) is 8.60. The Balaban J connectivity index is 1.57. The molecule has 4 N–H and O–H groups in total. The monoisotopic (exact) mass is 505 g/mol. The Hall–Kier alpha value is -3.48. The summed E-state index contributed by atoms with van der Waals surface area (Å²) in [4.78, 5) is 31.0. The molecule has 1 aliphatic heterocycles. The Labute approximate surface area is 202 Å². The van der Waals surface area contributed by atoms with Gasteiger partial charge < -0.3 is 20.7 Å². The molecule has 1 saturated carbocycles. The smallest absolute Gasteiger partial charge is 0.381 e. The number of alkyl halides is 3. The fraction of sp³-hybridized carbons (Fsp3) is 0.364. The molecule has 1 aliphatic carbocycles. The zero-order valence-electron chi connectivity index (χ0n) is 18.8. The summed E-state index contributed by atoms with van der Waals surface area (Å²) in [5, 5.41) is 7.04. The molecule has 0 bridgehead atoms. The van der Waals surface area contributed by atoms with Gasteiger partial charge in [-0.25, -0.2) is 9.50 Å². The predicted molar refractivity (Wildman–Crippen MR) is 126 cm³/mol. The van der Waals surface area contributed by atoms with Gasteiger partial charge in [0, 0.05) is 30.6 Å². The highest BCUT2D eigenvalue weighted by atomic mass is 32.2. The molecule has 0 saturated heterocycles. The van der Waals surface area contributed by atoms with Crippen LogP contribution < -0.4 is 15.8 Å². The van der Waals surface area contributed by atoms with Gasteiger partial charge >= 0.3 is 6.18 Å². The van der Waals surface area contributed by atoms with E-state index in [1.54, 1.807) is 30.7 Å². The van der Waals surface area contributed by atoms with Gasteiger partial charge in [-0.2, -0.15) is 13.2 Å². The number of rotatable bonds is 6. The van der Waals surface area contributed by atoms with Crippen molar-refractivity contribution in [2.75, 3.05) is 16.7 Å². The molecule has 1 atom stereocenters. The van der Waals surface area contributed by atoms with E-state index in [2.05, 4.69) is 20.1 Å². The normalized spacial score (nSPS) is 16.5. The van der Waals surface area contributed by atoms with Gasteiger partial charge in [-0.3, -0.25) is 9.59 Å². The number of nitrogens with one attached hydrogen (secondary N) is 2. The second kappa shape index (κ2) is 8.33. The molecule has 3 aromatic rings. The number of nitrogens with zero attached hydrogens (tertiary/aromatic N) is 4. The quantitative estimate of drug-likeness (QED) is 0.439. The summed E-state index contributed by atoms with van der Waals surface area (Å²) in [6.45, 7) is 0.794. The van der Waals surface area contributed by atoms with Crippen LogP contribution in [0.2, 0.25) is 0 Å². The fourth-order valence-electron chi connectivity index (χ4n) is 4.12. The van der Waals surface area contributed by atoms with Crippen LogP contribution in [0.25, 0.3) is 16.9 Å². The third-order valence-electron chi connectivity index (χ3n) is 6.14. The third-order valence-corrected chi connectivity index (χ3v) is 6.56. The first-order valence-corrected chi connectivity index (χ1v) is 12.1. The number of carbonyl (C=O) groups is 2. The van der Waals surface area contributed by atoms with Gasteiger partial charge in [0.25, 0.3) is 11.8 Å². The van der Waals surface area contributed by atoms with E-state index in [4.69, 9.17) is 5.73 Å². The Morgan fingerprint density at radius 3 is 2.71 bits per heavy atom. The average Bonchev–Trinajstić information content (AvgIpc) is 3.45. The van der Waals surface area contributed by atoms with E-state index in [0.29, 0.717) is 22.5 Å². The van der Waals surface area contributed by atoms with Crippen molar-refractivity contribution in [1.82, 2.24) is 24.8 Å². The third kappa shape index (κ3) is 4.13. The molecular weight excluding hydrogens is 483 g/mol. The number of nitrogens with two attached hydrogens (primary N) is 1. The van der Waals surface area contributed by atoms with Gasteiger partial charge in [0.05, 0.1) is 16.9 Å². The van der Waals surface area contributed by atoms with Gasteiger partial charge in [0.2, 0.25) is 0 Å². The zero-order valence-corrected chi connectivity index (χ0v) is 19.6. The van der Waals surface area contributed by atoms with Crippen molar-refractivity contribution >= 4 is 40.9 Å². The lowest BCUT2D eigenvalue weighted by Crippen LogP contribution is -2.43. The number of anilines is 2. The highest BCUT2D eigenvalue weighted by Gasteiger charge is 2.45. The number of benzene rings is 1. The van der Waals surface area contributed by atoms with Crippen LogP contribution in [0.15, 0.2) is 24.4 Å². The van der Waals surface area contributed by atoms with Crippen molar-refractivity contribution in [2.24, 2.45) is 0 Å². The Morgan fingerprint density at radius 2 is 2.06 bits per heavy atom. The number of carbonyl (C=O) groups excluding carboxylic acids is 2. The maximum absolute atomic E-state index is 13.4. The zero-order chi connectivity index (χ0) is 25.1. The molecule has 1 unspecified atom stereocenters. The standard InChI is InChI=1S/C22H22F3N7O2S/c1-10(22(23,24)25)31-9-12-7-11(8-15(30-35-2)16(12)21(31)34)14-5-6-32-19(28-14)17(18(26)29-32)20(33)27-13-3-4-13/h5-8,10,13,30H,3-4,9H2,1-2H3,(H2,26,29)(H,27,33). The summed E-state index contributed by atoms with van der Waals surface area (Å²) < 4.78 is 44.5. The maximum Gasteiger partial charge on any atom is 0.408 e. The summed E-state index contributed by atoms with van der Waals surface area (Å²) in [6.07, 6.45) is 0.636. The lowest BCUT2D eigenvalue weighted by molar-refractivity contribution is -0.172. The highest BCUT2D eigenvalue weighted by Crippen LogP contribution is 2.38. The van der Waals surface area contributed by atoms with E-state index in [-0.39, 0.29) is 41.1 Å². The number of halogens is 3. The van der Waals surface area contributed by atoms with Gasteiger partial charge in [-0.05, 0) is 43.5 Å². The van der Waals surface area contributed by atoms with E-state index in [0.717, 1.165) is 24.7 Å². The Bertz CT molecular complexity index is 1350. The lowest BCUT2D eigenvalue weighted by Gasteiger charge is -2.26. The average molecular weight is 506 g/mol. The second-order valence-corrected chi connectivity index (χ2v) is 9.22. The molecule has 2 amide bonds. The Kier molecular flexibility index (Phi) is 5.54. The van der Waals surface area contributed by atoms with E-state index in [9.17, 15) is 22.8 Å². The summed E-state index contributed by atoms with van der Waals surface area (Å²) in [5.74, 6) is -0.987. The number of hydrogen-bond acceptors (Lipinski definition) is 7. The molecule has 13 heteroatoms. The Morgan fingerprint density at radius 1 is 1.31 bits per heavy atom. The van der Waals surface area contributed by atoms with E-state index >= 15 is 0 Å². The number of fused-ring (bicyclic) bond motifs is 2. The van der Waals surface area contributed by atoms with Crippen molar-refractivity contribution in [1.29, 1.82) is 0 Å². The van der Waals surface area contributed by atoms with Crippen LogP contribution in [0.1, 0.15) is 46.0 Å². The van der Waals surface area contributed by atoms with Gasteiger partial charge in [-0.1, -0.05) is 11.9 Å². The molecule has 1 aromatic carbocycles. The van der Waals surface area contributed by atoms with E-state index in [1.165, 1.54) is 16.5 Å². The molecule has 184 valence electrons. The van der Waals surface area contributed by atoms with Crippen molar-refractivity contribution in [3.8, 4) is 11.3 Å². The molecule has 0 spiro atoms. The minimum Gasteiger partial charge on any atom is -0.381 e. The molecule has 0 radical (unpaired) electrons. The molecule has 3 heterocycles. The lowest BCUT2D eigenvalue weighted by atomic mass is 10.0. The van der Waals surface area contributed by atoms with Crippen molar-refractivity contribution in [2.45, 2.75) is 44.6 Å². The minimum atomic E-state index is -4.54. The maximum atomic E-state index is 13.4. The minimum absolute atomic E-state index is 0.0499. The first-order chi connectivity index (χ1) is 16.6. The number of nitrogen functional groups attached to an aromatic ring is 1. The first-order valence-electron chi connectivity index (χ1n) is 10.9. The van der Waals surface area contributed by atoms with Crippen LogP contribution in [0.4, 0.5) is 24.7 Å². The van der Waals surface area contributed by atoms with Crippen LogP contribution in [0.3, 0.4) is 0 Å². The molecule has 2 aromatic heterocycles. The molecule has 2 aliphatic rings. The summed E-state index contributed by atoms with van der Waals surface area (Å²) in [7, 11) is 0. The fourth-order valence-corrected chi connectivity index (χ4v) is 4.50. The van der Waals surface area contributed by atoms with Crippen LogP contribution in [0, 0.1) is 0 Å². The van der Waals surface area contributed by atoms with Crippen molar-refractivity contribution in [3.05, 3.63) is 41.1 Å². The van der Waals surface area contributed by atoms with Crippen LogP contribution in [-0.2, 0) is 6.54 Å². The van der Waals surface area contributed by atoms with Crippen molar-refractivity contribution < 1.29 is 22.8 Å². The summed E-state index contributed by atoms with van der Waals surface area (Å²) in [5.41, 5.74) is 8.52. The molecule has 35 heavy (non-hydrogen) atoms. The first kappa shape index (κ1) is 23.3. The molecule has 9 nitrogen and oxygen atoms in total. The van der Waals surface area contributed by atoms with Crippen LogP contribution in [0.5, 0.6) is 0 Å². The van der Waals surface area contributed by atoms with Crippen molar-refractivity contribution in [3.63, 3.8) is 0 Å². The number of aromatic nitrogens is 3. The van der Waals surface area contributed by atoms with Gasteiger partial charge in [-0.15, -0.1) is 5.10 Å². The number of amides is 2. The van der Waals surface area contributed by atoms with Gasteiger partial charge in [0.15, 0.2) is 11.5 Å². The number of hydrogen-bond donors (Lipinski definition) is 3. The van der Waals surface area contributed by atoms with E-state index < -0.39 is 18.1 Å². The highest BCUT2D eigenvalue weighted by molar-refractivity contribution is 7.99. The molecular formula is C22H22F3N7O2S. The van der Waals surface area contributed by atoms with Crippen LogP contribution in [-0.4, -0.2) is 55.8 Å². The summed E-state index contributed by atoms with van der Waals surface area (Å²) >= 11 is 1.22. The largest absolute Gasteiger partial charge is 0.408 e. The summed E-state index contributed by atoms with van der Waals surface area (Å²) in [6, 6.07) is 3.18. The topological polar surface area (TPSA) is 118 Å². The SMILES string of the molecule is CSNc1cc(-c2ccn3nc(N)c(C(=O)NC4CC4)c3n2)cc2c1C(=O)N(C(C)C(F)(F)F)C2. The van der Waals surface area contributed by atoms with Gasteiger partial charge in [0.1, 0.15) is 11.6 Å².